The summed E-state index contributed by atoms with van der Waals surface area (Å²) in [7, 11) is -3.29. The Morgan fingerprint density at radius 2 is 2.12 bits per heavy atom. The fraction of sp³-hybridized carbons (Fsp3) is 0.800. The third kappa shape index (κ3) is 6.22. The van der Waals surface area contributed by atoms with Crippen LogP contribution in [-0.2, 0) is 10.0 Å². The molecule has 0 unspecified atom stereocenters. The molecule has 96 valence electrons. The van der Waals surface area contributed by atoms with Crippen LogP contribution in [0, 0.1) is 0 Å². The predicted molar refractivity (Wildman–Crippen MR) is 65.8 cm³/mol. The first-order valence-corrected chi connectivity index (χ1v) is 7.09. The van der Waals surface area contributed by atoms with Gasteiger partial charge in [0.15, 0.2) is 0 Å². The number of hydrogen-bond acceptors (Lipinski definition) is 4. The SMILES string of the molecule is C=CCN(CCO)S(=O)(=O)CCNCCC. The zero-order valence-electron chi connectivity index (χ0n) is 9.85. The van der Waals surface area contributed by atoms with E-state index in [1.807, 2.05) is 6.92 Å². The highest BCUT2D eigenvalue weighted by Gasteiger charge is 2.19. The van der Waals surface area contributed by atoms with E-state index >= 15 is 0 Å². The van der Waals surface area contributed by atoms with Gasteiger partial charge in [0.25, 0.3) is 0 Å². The van der Waals surface area contributed by atoms with Crippen molar-refractivity contribution in [2.75, 3.05) is 38.5 Å². The Labute approximate surface area is 98.2 Å². The fourth-order valence-corrected chi connectivity index (χ4v) is 2.58. The molecule has 5 nitrogen and oxygen atoms in total. The van der Waals surface area contributed by atoms with Crippen molar-refractivity contribution in [3.63, 3.8) is 0 Å². The molecule has 0 rings (SSSR count). The van der Waals surface area contributed by atoms with Gasteiger partial charge in [-0.1, -0.05) is 13.0 Å². The molecule has 0 saturated heterocycles. The van der Waals surface area contributed by atoms with Gasteiger partial charge in [-0.15, -0.1) is 6.58 Å². The van der Waals surface area contributed by atoms with Crippen LogP contribution in [0.4, 0.5) is 0 Å². The summed E-state index contributed by atoms with van der Waals surface area (Å²) in [4.78, 5) is 0. The number of rotatable bonds is 10. The number of aliphatic hydroxyl groups is 1. The average Bonchev–Trinajstić information content (AvgIpc) is 2.24. The Hall–Kier alpha value is -0.430. The minimum absolute atomic E-state index is 0.0564. The van der Waals surface area contributed by atoms with Crippen LogP contribution in [0.25, 0.3) is 0 Å². The van der Waals surface area contributed by atoms with E-state index in [2.05, 4.69) is 11.9 Å². The molecule has 0 saturated carbocycles. The maximum atomic E-state index is 11.8. The Morgan fingerprint density at radius 3 is 2.62 bits per heavy atom. The van der Waals surface area contributed by atoms with Gasteiger partial charge in [-0.2, -0.15) is 4.31 Å². The lowest BCUT2D eigenvalue weighted by Gasteiger charge is -2.19. The highest BCUT2D eigenvalue weighted by atomic mass is 32.2. The average molecular weight is 250 g/mol. The van der Waals surface area contributed by atoms with E-state index in [1.165, 1.54) is 10.4 Å². The van der Waals surface area contributed by atoms with Crippen LogP contribution in [-0.4, -0.2) is 56.4 Å². The second kappa shape index (κ2) is 8.69. The molecule has 0 amide bonds. The summed E-state index contributed by atoms with van der Waals surface area (Å²) in [6.07, 6.45) is 2.50. The molecule has 0 bridgehead atoms. The minimum atomic E-state index is -3.29. The minimum Gasteiger partial charge on any atom is -0.395 e. The lowest BCUT2D eigenvalue weighted by atomic mass is 10.5. The molecular weight excluding hydrogens is 228 g/mol. The van der Waals surface area contributed by atoms with Crippen molar-refractivity contribution in [3.8, 4) is 0 Å². The van der Waals surface area contributed by atoms with Crippen LogP contribution in [0.15, 0.2) is 12.7 Å². The second-order valence-electron chi connectivity index (χ2n) is 3.44. The van der Waals surface area contributed by atoms with Gasteiger partial charge in [0, 0.05) is 19.6 Å². The summed E-state index contributed by atoms with van der Waals surface area (Å²) in [5.41, 5.74) is 0. The molecule has 0 aliphatic rings. The van der Waals surface area contributed by atoms with Gasteiger partial charge < -0.3 is 10.4 Å². The smallest absolute Gasteiger partial charge is 0.215 e. The molecule has 0 fully saturated rings. The molecule has 6 heteroatoms. The number of nitrogens with zero attached hydrogens (tertiary/aromatic N) is 1. The Bertz CT molecular complexity index is 278. The maximum Gasteiger partial charge on any atom is 0.215 e. The van der Waals surface area contributed by atoms with Gasteiger partial charge in [-0.25, -0.2) is 8.42 Å². The number of hydrogen-bond donors (Lipinski definition) is 2. The summed E-state index contributed by atoms with van der Waals surface area (Å²) in [6.45, 7) is 6.99. The molecule has 0 radical (unpaired) electrons. The summed E-state index contributed by atoms with van der Waals surface area (Å²) < 4.78 is 24.8. The van der Waals surface area contributed by atoms with Crippen molar-refractivity contribution in [3.05, 3.63) is 12.7 Å². The van der Waals surface area contributed by atoms with E-state index in [0.717, 1.165) is 13.0 Å². The van der Waals surface area contributed by atoms with Crippen LogP contribution in [0.1, 0.15) is 13.3 Å². The monoisotopic (exact) mass is 250 g/mol. The normalized spacial score (nSPS) is 11.9. The summed E-state index contributed by atoms with van der Waals surface area (Å²) in [5, 5.41) is 11.8. The molecule has 2 N–H and O–H groups in total. The quantitative estimate of drug-likeness (QED) is 0.416. The second-order valence-corrected chi connectivity index (χ2v) is 5.52. The van der Waals surface area contributed by atoms with Crippen LogP contribution in [0.2, 0.25) is 0 Å². The molecule has 0 spiro atoms. The van der Waals surface area contributed by atoms with E-state index in [1.54, 1.807) is 0 Å². The number of aliphatic hydroxyl groups excluding tert-OH is 1. The van der Waals surface area contributed by atoms with E-state index in [0.29, 0.717) is 6.54 Å². The van der Waals surface area contributed by atoms with Gasteiger partial charge in [0.05, 0.1) is 12.4 Å². The fourth-order valence-electron chi connectivity index (χ4n) is 1.23. The predicted octanol–water partition coefficient (Wildman–Crippen LogP) is -0.204. The topological polar surface area (TPSA) is 69.6 Å². The molecule has 0 heterocycles. The van der Waals surface area contributed by atoms with Crippen molar-refractivity contribution < 1.29 is 13.5 Å². The molecular formula is C10H22N2O3S. The molecule has 0 aliphatic carbocycles. The maximum absolute atomic E-state index is 11.8. The largest absolute Gasteiger partial charge is 0.395 e. The number of sulfonamides is 1. The van der Waals surface area contributed by atoms with Crippen molar-refractivity contribution in [1.29, 1.82) is 0 Å². The van der Waals surface area contributed by atoms with E-state index in [-0.39, 0.29) is 25.4 Å². The van der Waals surface area contributed by atoms with E-state index in [4.69, 9.17) is 5.11 Å². The zero-order chi connectivity index (χ0) is 12.4. The van der Waals surface area contributed by atoms with E-state index < -0.39 is 10.0 Å². The van der Waals surface area contributed by atoms with Crippen LogP contribution in [0.5, 0.6) is 0 Å². The third-order valence-corrected chi connectivity index (χ3v) is 3.88. The molecule has 0 aromatic heterocycles. The number of nitrogens with one attached hydrogen (secondary N) is 1. The standard InChI is InChI=1S/C10H22N2O3S/c1-3-5-11-6-10-16(14,15)12(7-4-2)8-9-13/h4,11,13H,2-3,5-10H2,1H3. The van der Waals surface area contributed by atoms with Gasteiger partial charge in [0.2, 0.25) is 10.0 Å². The Kier molecular flexibility index (Phi) is 8.46. The van der Waals surface area contributed by atoms with Crippen molar-refractivity contribution >= 4 is 10.0 Å². The first-order valence-electron chi connectivity index (χ1n) is 5.48. The molecule has 0 atom stereocenters. The van der Waals surface area contributed by atoms with Crippen LogP contribution < -0.4 is 5.32 Å². The highest BCUT2D eigenvalue weighted by molar-refractivity contribution is 7.89. The van der Waals surface area contributed by atoms with Gasteiger partial charge in [0.1, 0.15) is 0 Å². The third-order valence-electron chi connectivity index (χ3n) is 2.04. The molecule has 0 aliphatic heterocycles. The molecule has 16 heavy (non-hydrogen) atoms. The molecule has 0 aromatic carbocycles. The highest BCUT2D eigenvalue weighted by Crippen LogP contribution is 2.00. The lowest BCUT2D eigenvalue weighted by molar-refractivity contribution is 0.260. The zero-order valence-corrected chi connectivity index (χ0v) is 10.7. The summed E-state index contributed by atoms with van der Waals surface area (Å²) >= 11 is 0. The lowest BCUT2D eigenvalue weighted by Crippen LogP contribution is -2.38. The van der Waals surface area contributed by atoms with Gasteiger partial charge in [-0.3, -0.25) is 0 Å². The summed E-state index contributed by atoms with van der Waals surface area (Å²) in [6, 6.07) is 0. The van der Waals surface area contributed by atoms with Crippen molar-refractivity contribution in [2.45, 2.75) is 13.3 Å². The van der Waals surface area contributed by atoms with Gasteiger partial charge in [-0.05, 0) is 13.0 Å². The van der Waals surface area contributed by atoms with E-state index in [9.17, 15) is 8.42 Å². The van der Waals surface area contributed by atoms with Crippen LogP contribution >= 0.6 is 0 Å². The van der Waals surface area contributed by atoms with Crippen LogP contribution in [0.3, 0.4) is 0 Å². The Balaban J connectivity index is 4.18. The summed E-state index contributed by atoms with van der Waals surface area (Å²) in [5.74, 6) is 0.0564. The van der Waals surface area contributed by atoms with Crippen molar-refractivity contribution in [2.24, 2.45) is 0 Å². The molecule has 0 aromatic rings. The van der Waals surface area contributed by atoms with Gasteiger partial charge >= 0.3 is 0 Å². The first kappa shape index (κ1) is 15.6. The Morgan fingerprint density at radius 1 is 1.44 bits per heavy atom. The van der Waals surface area contributed by atoms with Crippen molar-refractivity contribution in [1.82, 2.24) is 9.62 Å². The first-order chi connectivity index (χ1) is 7.58.